The summed E-state index contributed by atoms with van der Waals surface area (Å²) in [7, 11) is 0. The number of rotatable bonds is 6. The average Bonchev–Trinajstić information content (AvgIpc) is 3.03. The van der Waals surface area contributed by atoms with Crippen molar-refractivity contribution in [1.82, 2.24) is 24.8 Å². The predicted octanol–water partition coefficient (Wildman–Crippen LogP) is 5.08. The molecule has 0 saturated carbocycles. The highest BCUT2D eigenvalue weighted by Crippen LogP contribution is 2.38. The van der Waals surface area contributed by atoms with Gasteiger partial charge in [-0.05, 0) is 43.7 Å². The minimum absolute atomic E-state index is 0.285. The number of hydrogen-bond acceptors (Lipinski definition) is 7. The first-order valence-electron chi connectivity index (χ1n) is 12.7. The number of halogens is 3. The summed E-state index contributed by atoms with van der Waals surface area (Å²) < 4.78 is 39.9. The maximum Gasteiger partial charge on any atom is 0.416 e. The minimum atomic E-state index is -4.45. The van der Waals surface area contributed by atoms with Crippen LogP contribution in [-0.2, 0) is 19.0 Å². The molecule has 4 heterocycles. The van der Waals surface area contributed by atoms with E-state index in [-0.39, 0.29) is 5.69 Å². The molecule has 0 bridgehead atoms. The van der Waals surface area contributed by atoms with Crippen molar-refractivity contribution in [2.45, 2.75) is 32.9 Å². The Balaban J connectivity index is 1.36. The number of nitrogens with zero attached hydrogens (tertiary/aromatic N) is 5. The highest BCUT2D eigenvalue weighted by molar-refractivity contribution is 7.80. The normalized spacial score (nSPS) is 16.4. The molecular formula is C27H30F3N7S. The predicted molar refractivity (Wildman–Crippen MR) is 147 cm³/mol. The van der Waals surface area contributed by atoms with Crippen LogP contribution in [0.2, 0.25) is 0 Å². The first-order valence-corrected chi connectivity index (χ1v) is 13.1. The van der Waals surface area contributed by atoms with E-state index in [0.29, 0.717) is 28.6 Å². The van der Waals surface area contributed by atoms with Gasteiger partial charge in [-0.15, -0.1) is 0 Å². The summed E-state index contributed by atoms with van der Waals surface area (Å²) in [5.74, 6) is 0.347. The number of hydrogen-bond donors (Lipinski definition) is 2. The zero-order valence-corrected chi connectivity index (χ0v) is 22.2. The van der Waals surface area contributed by atoms with Crippen molar-refractivity contribution in [3.05, 3.63) is 59.0 Å². The average molecular weight is 542 g/mol. The number of likely N-dealkylation sites (N-methyl/N-ethyl adjacent to an activating group) is 1. The minimum Gasteiger partial charge on any atom is -0.349 e. The second kappa shape index (κ2) is 10.9. The van der Waals surface area contributed by atoms with E-state index in [4.69, 9.17) is 17.2 Å². The number of piperazine rings is 1. The molecule has 11 heteroatoms. The van der Waals surface area contributed by atoms with Crippen LogP contribution in [0.3, 0.4) is 0 Å². The lowest BCUT2D eigenvalue weighted by molar-refractivity contribution is -0.137. The van der Waals surface area contributed by atoms with Crippen molar-refractivity contribution in [1.29, 1.82) is 0 Å². The molecular weight excluding hydrogens is 511 g/mol. The molecule has 2 aliphatic heterocycles. The smallest absolute Gasteiger partial charge is 0.349 e. The molecule has 2 aliphatic rings. The first-order chi connectivity index (χ1) is 18.2. The lowest BCUT2D eigenvalue weighted by Crippen LogP contribution is -2.46. The number of nitrogens with one attached hydrogen (secondary N) is 2. The number of aromatic nitrogens is 3. The van der Waals surface area contributed by atoms with Crippen LogP contribution in [0.4, 0.5) is 30.5 Å². The van der Waals surface area contributed by atoms with Gasteiger partial charge in [0.25, 0.3) is 0 Å². The van der Waals surface area contributed by atoms with Crippen LogP contribution in [0.1, 0.15) is 29.3 Å². The van der Waals surface area contributed by atoms with Gasteiger partial charge in [0, 0.05) is 68.4 Å². The SMILES string of the molecule is CCN1CCN(CCc2cnc(C)c(Nc3ncc4c(n3)-c3ccc(C(F)(F)F)cc3NC(=S)C4)c2)CC1. The van der Waals surface area contributed by atoms with E-state index in [1.807, 2.05) is 13.1 Å². The van der Waals surface area contributed by atoms with Crippen LogP contribution in [0, 0.1) is 6.92 Å². The number of benzene rings is 1. The molecule has 0 unspecified atom stereocenters. The molecule has 0 spiro atoms. The second-order valence-corrected chi connectivity index (χ2v) is 10.2. The first kappa shape index (κ1) is 26.5. The van der Waals surface area contributed by atoms with E-state index in [9.17, 15) is 13.2 Å². The summed E-state index contributed by atoms with van der Waals surface area (Å²) in [4.78, 5) is 19.1. The molecule has 1 aromatic carbocycles. The monoisotopic (exact) mass is 541 g/mol. The van der Waals surface area contributed by atoms with Crippen LogP contribution in [0.15, 0.2) is 36.7 Å². The number of pyridine rings is 1. The maximum absolute atomic E-state index is 13.3. The van der Waals surface area contributed by atoms with Gasteiger partial charge in [0.15, 0.2) is 0 Å². The third-order valence-corrected chi connectivity index (χ3v) is 7.36. The van der Waals surface area contributed by atoms with Crippen molar-refractivity contribution < 1.29 is 13.2 Å². The maximum atomic E-state index is 13.3. The number of thiocarbonyl (C=S) groups is 1. The van der Waals surface area contributed by atoms with E-state index in [1.54, 1.807) is 6.20 Å². The van der Waals surface area contributed by atoms with Gasteiger partial charge in [0.2, 0.25) is 5.95 Å². The summed E-state index contributed by atoms with van der Waals surface area (Å²) >= 11 is 5.36. The summed E-state index contributed by atoms with van der Waals surface area (Å²) in [5, 5.41) is 6.21. The topological polar surface area (TPSA) is 69.2 Å². The van der Waals surface area contributed by atoms with Gasteiger partial charge in [-0.3, -0.25) is 4.98 Å². The van der Waals surface area contributed by atoms with Gasteiger partial charge < -0.3 is 20.4 Å². The molecule has 38 heavy (non-hydrogen) atoms. The third-order valence-electron chi connectivity index (χ3n) is 7.11. The highest BCUT2D eigenvalue weighted by Gasteiger charge is 2.32. The van der Waals surface area contributed by atoms with Crippen LogP contribution in [0.25, 0.3) is 11.3 Å². The van der Waals surface area contributed by atoms with Gasteiger partial charge >= 0.3 is 6.18 Å². The fraction of sp³-hybridized carbons (Fsp3) is 0.407. The molecule has 1 fully saturated rings. The summed E-state index contributed by atoms with van der Waals surface area (Å²) in [5.41, 5.74) is 4.11. The largest absolute Gasteiger partial charge is 0.416 e. The molecule has 200 valence electrons. The molecule has 2 N–H and O–H groups in total. The van der Waals surface area contributed by atoms with Gasteiger partial charge in [-0.1, -0.05) is 25.2 Å². The van der Waals surface area contributed by atoms with Gasteiger partial charge in [-0.25, -0.2) is 9.97 Å². The molecule has 1 saturated heterocycles. The summed E-state index contributed by atoms with van der Waals surface area (Å²) in [6.45, 7) is 10.5. The molecule has 5 rings (SSSR count). The third kappa shape index (κ3) is 5.95. The summed E-state index contributed by atoms with van der Waals surface area (Å²) in [6, 6.07) is 5.64. The Morgan fingerprint density at radius 2 is 1.82 bits per heavy atom. The van der Waals surface area contributed by atoms with E-state index < -0.39 is 11.7 Å². The molecule has 0 aliphatic carbocycles. The molecule has 7 nitrogen and oxygen atoms in total. The van der Waals surface area contributed by atoms with Crippen molar-refractivity contribution in [2.75, 3.05) is 49.9 Å². The van der Waals surface area contributed by atoms with Crippen LogP contribution < -0.4 is 10.6 Å². The zero-order valence-electron chi connectivity index (χ0n) is 21.4. The van der Waals surface area contributed by atoms with E-state index in [1.165, 1.54) is 6.07 Å². The Hall–Kier alpha value is -3.15. The molecule has 3 aromatic rings. The van der Waals surface area contributed by atoms with Crippen molar-refractivity contribution in [3.63, 3.8) is 0 Å². The quantitative estimate of drug-likeness (QED) is 0.419. The Bertz CT molecular complexity index is 1340. The zero-order chi connectivity index (χ0) is 26.9. The van der Waals surface area contributed by atoms with Crippen molar-refractivity contribution >= 4 is 34.5 Å². The van der Waals surface area contributed by atoms with Gasteiger partial charge in [0.05, 0.1) is 27.6 Å². The number of alkyl halides is 3. The second-order valence-electron chi connectivity index (χ2n) is 9.68. The molecule has 0 amide bonds. The lowest BCUT2D eigenvalue weighted by Gasteiger charge is -2.34. The van der Waals surface area contributed by atoms with Crippen LogP contribution >= 0.6 is 12.2 Å². The Morgan fingerprint density at radius 1 is 1.05 bits per heavy atom. The number of fused-ring (bicyclic) bond motifs is 3. The van der Waals surface area contributed by atoms with Crippen molar-refractivity contribution in [3.8, 4) is 11.3 Å². The molecule has 0 radical (unpaired) electrons. The molecule has 2 aromatic heterocycles. The Kier molecular flexibility index (Phi) is 7.60. The lowest BCUT2D eigenvalue weighted by atomic mass is 10.0. The highest BCUT2D eigenvalue weighted by atomic mass is 32.1. The van der Waals surface area contributed by atoms with E-state index in [0.717, 1.165) is 80.3 Å². The fourth-order valence-electron chi connectivity index (χ4n) is 4.80. The molecule has 0 atom stereocenters. The Morgan fingerprint density at radius 3 is 2.55 bits per heavy atom. The van der Waals surface area contributed by atoms with Crippen LogP contribution in [-0.4, -0.2) is 69.0 Å². The van der Waals surface area contributed by atoms with E-state index in [2.05, 4.69) is 43.4 Å². The fourth-order valence-corrected chi connectivity index (χ4v) is 5.07. The summed E-state index contributed by atoms with van der Waals surface area (Å²) in [6.07, 6.45) is 0.349. The van der Waals surface area contributed by atoms with Gasteiger partial charge in [0.1, 0.15) is 0 Å². The Labute approximate surface area is 225 Å². The standard InChI is InChI=1S/C27H30F3N7S/c1-3-36-8-10-37(11-9-36)7-6-18-12-22(17(2)31-15-18)34-26-32-16-19-13-24(38)33-23-14-20(27(28,29)30)4-5-21(23)25(19)35-26/h4-5,12,14-16H,3,6-11,13H2,1-2H3,(H,33,38)(H,32,34,35). The van der Waals surface area contributed by atoms with Crippen LogP contribution in [0.5, 0.6) is 0 Å². The van der Waals surface area contributed by atoms with Gasteiger partial charge in [-0.2, -0.15) is 13.2 Å². The number of aryl methyl sites for hydroxylation is 1. The van der Waals surface area contributed by atoms with E-state index >= 15 is 0 Å². The van der Waals surface area contributed by atoms with Crippen molar-refractivity contribution in [2.24, 2.45) is 0 Å². The number of anilines is 3.